The van der Waals surface area contributed by atoms with Crippen LogP contribution < -0.4 is 0 Å². The molecule has 1 N–H and O–H groups in total. The fourth-order valence-corrected chi connectivity index (χ4v) is 2.35. The van der Waals surface area contributed by atoms with Crippen LogP contribution in [-0.4, -0.2) is 39.9 Å². The number of carbonyl (C=O) groups is 2. The van der Waals surface area contributed by atoms with Gasteiger partial charge in [0.1, 0.15) is 10.5 Å². The lowest BCUT2D eigenvalue weighted by atomic mass is 10.1. The van der Waals surface area contributed by atoms with Gasteiger partial charge in [-0.25, -0.2) is 4.79 Å². The standard InChI is InChI=1S/C12H13BrN2O5/c1-3-8(12(17)18)14(2)11(16)7-5-4-6-9(10(7)13)15(19)20/h4-6,8H,3H2,1-2H3,(H,17,18). The summed E-state index contributed by atoms with van der Waals surface area (Å²) < 4.78 is 0.0436. The Balaban J connectivity index is 3.18. The molecular weight excluding hydrogens is 332 g/mol. The maximum Gasteiger partial charge on any atom is 0.326 e. The molecule has 0 fully saturated rings. The topological polar surface area (TPSA) is 101 Å². The second-order valence-electron chi connectivity index (χ2n) is 4.07. The SMILES string of the molecule is CCC(C(=O)O)N(C)C(=O)c1cccc([N+](=O)[O-])c1Br. The monoisotopic (exact) mass is 344 g/mol. The summed E-state index contributed by atoms with van der Waals surface area (Å²) in [5, 5.41) is 19.9. The molecule has 0 heterocycles. The Morgan fingerprint density at radius 2 is 2.10 bits per heavy atom. The molecule has 0 aliphatic carbocycles. The Morgan fingerprint density at radius 3 is 2.55 bits per heavy atom. The summed E-state index contributed by atoms with van der Waals surface area (Å²) in [5.74, 6) is -1.71. The molecule has 0 saturated heterocycles. The van der Waals surface area contributed by atoms with E-state index in [9.17, 15) is 19.7 Å². The highest BCUT2D eigenvalue weighted by molar-refractivity contribution is 9.10. The number of aliphatic carboxylic acids is 1. The van der Waals surface area contributed by atoms with Crippen LogP contribution >= 0.6 is 15.9 Å². The zero-order chi connectivity index (χ0) is 15.4. The average Bonchev–Trinajstić information content (AvgIpc) is 2.38. The largest absolute Gasteiger partial charge is 0.480 e. The number of carboxylic acids is 1. The van der Waals surface area contributed by atoms with Crippen molar-refractivity contribution < 1.29 is 19.6 Å². The summed E-state index contributed by atoms with van der Waals surface area (Å²) in [4.78, 5) is 34.6. The van der Waals surface area contributed by atoms with Crippen LogP contribution in [0.5, 0.6) is 0 Å². The third-order valence-electron chi connectivity index (χ3n) is 2.87. The van der Waals surface area contributed by atoms with Crippen LogP contribution in [0.4, 0.5) is 5.69 Å². The number of rotatable bonds is 5. The number of hydrogen-bond donors (Lipinski definition) is 1. The third-order valence-corrected chi connectivity index (χ3v) is 3.70. The van der Waals surface area contributed by atoms with Crippen LogP contribution in [0.2, 0.25) is 0 Å². The van der Waals surface area contributed by atoms with Crippen molar-refractivity contribution in [3.05, 3.63) is 38.3 Å². The lowest BCUT2D eigenvalue weighted by Gasteiger charge is -2.24. The molecule has 7 nitrogen and oxygen atoms in total. The molecule has 0 aliphatic heterocycles. The van der Waals surface area contributed by atoms with Crippen LogP contribution in [0, 0.1) is 10.1 Å². The summed E-state index contributed by atoms with van der Waals surface area (Å²) in [5.41, 5.74) is -0.186. The molecule has 0 aromatic heterocycles. The van der Waals surface area contributed by atoms with Crippen molar-refractivity contribution >= 4 is 33.5 Å². The quantitative estimate of drug-likeness (QED) is 0.652. The Labute approximate surface area is 123 Å². The molecule has 0 aliphatic rings. The van der Waals surface area contributed by atoms with Gasteiger partial charge in [0, 0.05) is 13.1 Å². The molecule has 108 valence electrons. The van der Waals surface area contributed by atoms with Gasteiger partial charge in [0.2, 0.25) is 0 Å². The van der Waals surface area contributed by atoms with E-state index in [1.807, 2.05) is 0 Å². The Bertz CT molecular complexity index is 561. The Kier molecular flexibility index (Phi) is 5.20. The summed E-state index contributed by atoms with van der Waals surface area (Å²) in [6, 6.07) is 3.07. The van der Waals surface area contributed by atoms with Crippen LogP contribution in [0.15, 0.2) is 22.7 Å². The number of benzene rings is 1. The first kappa shape index (κ1) is 16.1. The van der Waals surface area contributed by atoms with Crippen molar-refractivity contribution in [1.29, 1.82) is 0 Å². The van der Waals surface area contributed by atoms with Crippen molar-refractivity contribution in [1.82, 2.24) is 4.90 Å². The van der Waals surface area contributed by atoms with Gasteiger partial charge in [-0.2, -0.15) is 0 Å². The molecule has 0 radical (unpaired) electrons. The number of carboxylic acid groups (broad SMARTS) is 1. The van der Waals surface area contributed by atoms with E-state index in [0.717, 1.165) is 4.90 Å². The summed E-state index contributed by atoms with van der Waals surface area (Å²) in [7, 11) is 1.36. The van der Waals surface area contributed by atoms with Crippen LogP contribution in [0.3, 0.4) is 0 Å². The number of nitro groups is 1. The minimum Gasteiger partial charge on any atom is -0.480 e. The first-order valence-electron chi connectivity index (χ1n) is 5.74. The van der Waals surface area contributed by atoms with Gasteiger partial charge in [-0.15, -0.1) is 0 Å². The van der Waals surface area contributed by atoms with E-state index in [1.54, 1.807) is 6.92 Å². The van der Waals surface area contributed by atoms with Gasteiger partial charge in [0.25, 0.3) is 11.6 Å². The third kappa shape index (κ3) is 3.13. The Morgan fingerprint density at radius 1 is 1.50 bits per heavy atom. The molecule has 0 spiro atoms. The molecule has 1 rings (SSSR count). The van der Waals surface area contributed by atoms with Crippen LogP contribution in [-0.2, 0) is 4.79 Å². The van der Waals surface area contributed by atoms with E-state index in [4.69, 9.17) is 5.11 Å². The number of halogens is 1. The number of carbonyl (C=O) groups excluding carboxylic acids is 1. The molecular formula is C12H13BrN2O5. The van der Waals surface area contributed by atoms with E-state index >= 15 is 0 Å². The average molecular weight is 345 g/mol. The molecule has 8 heteroatoms. The van der Waals surface area contributed by atoms with Gasteiger partial charge in [0.15, 0.2) is 0 Å². The molecule has 20 heavy (non-hydrogen) atoms. The van der Waals surface area contributed by atoms with Crippen molar-refractivity contribution in [3.63, 3.8) is 0 Å². The van der Waals surface area contributed by atoms with Crippen molar-refractivity contribution in [2.45, 2.75) is 19.4 Å². The molecule has 0 saturated carbocycles. The predicted octanol–water partition coefficient (Wildman–Crippen LogP) is 2.29. The van der Waals surface area contributed by atoms with Crippen LogP contribution in [0.1, 0.15) is 23.7 Å². The number of nitro benzene ring substituents is 1. The summed E-state index contributed by atoms with van der Waals surface area (Å²) in [6.07, 6.45) is 0.240. The fourth-order valence-electron chi connectivity index (χ4n) is 1.77. The minimum absolute atomic E-state index is 0.0436. The van der Waals surface area contributed by atoms with Gasteiger partial charge in [-0.3, -0.25) is 14.9 Å². The van der Waals surface area contributed by atoms with E-state index in [0.29, 0.717) is 0 Å². The van der Waals surface area contributed by atoms with Gasteiger partial charge in [0.05, 0.1) is 10.5 Å². The highest BCUT2D eigenvalue weighted by Crippen LogP contribution is 2.29. The van der Waals surface area contributed by atoms with Gasteiger partial charge >= 0.3 is 5.97 Å². The first-order valence-corrected chi connectivity index (χ1v) is 6.53. The fraction of sp³-hybridized carbons (Fsp3) is 0.333. The van der Waals surface area contributed by atoms with Crippen molar-refractivity contribution in [3.8, 4) is 0 Å². The normalized spacial score (nSPS) is 11.8. The second-order valence-corrected chi connectivity index (χ2v) is 4.87. The number of nitrogens with zero attached hydrogens (tertiary/aromatic N) is 2. The molecule has 1 amide bonds. The maximum atomic E-state index is 12.3. The number of hydrogen-bond acceptors (Lipinski definition) is 4. The lowest BCUT2D eigenvalue weighted by Crippen LogP contribution is -2.42. The zero-order valence-corrected chi connectivity index (χ0v) is 12.5. The molecule has 0 bridgehead atoms. The van der Waals surface area contributed by atoms with Crippen molar-refractivity contribution in [2.75, 3.05) is 7.05 Å². The number of amides is 1. The zero-order valence-electron chi connectivity index (χ0n) is 10.9. The maximum absolute atomic E-state index is 12.3. The lowest BCUT2D eigenvalue weighted by molar-refractivity contribution is -0.385. The summed E-state index contributed by atoms with van der Waals surface area (Å²) in [6.45, 7) is 1.64. The van der Waals surface area contributed by atoms with E-state index in [2.05, 4.69) is 15.9 Å². The highest BCUT2D eigenvalue weighted by Gasteiger charge is 2.28. The van der Waals surface area contributed by atoms with Gasteiger partial charge < -0.3 is 10.0 Å². The summed E-state index contributed by atoms with van der Waals surface area (Å²) >= 11 is 3.02. The molecule has 1 aromatic rings. The Hall–Kier alpha value is -1.96. The van der Waals surface area contributed by atoms with Crippen LogP contribution in [0.25, 0.3) is 0 Å². The molecule has 1 aromatic carbocycles. The molecule has 1 unspecified atom stereocenters. The number of likely N-dealkylation sites (N-methyl/N-ethyl adjacent to an activating group) is 1. The van der Waals surface area contributed by atoms with E-state index in [-0.39, 0.29) is 22.1 Å². The van der Waals surface area contributed by atoms with E-state index < -0.39 is 22.8 Å². The van der Waals surface area contributed by atoms with Gasteiger partial charge in [-0.05, 0) is 28.4 Å². The first-order chi connectivity index (χ1) is 9.31. The highest BCUT2D eigenvalue weighted by atomic mass is 79.9. The van der Waals surface area contributed by atoms with E-state index in [1.165, 1.54) is 25.2 Å². The predicted molar refractivity (Wildman–Crippen MR) is 74.6 cm³/mol. The van der Waals surface area contributed by atoms with Crippen molar-refractivity contribution in [2.24, 2.45) is 0 Å². The molecule has 1 atom stereocenters. The minimum atomic E-state index is -1.12. The second kappa shape index (κ2) is 6.47. The smallest absolute Gasteiger partial charge is 0.326 e. The van der Waals surface area contributed by atoms with Gasteiger partial charge in [-0.1, -0.05) is 13.0 Å².